The molecule has 1 fully saturated rings. The lowest BCUT2D eigenvalue weighted by Gasteiger charge is -2.25. The highest BCUT2D eigenvalue weighted by Crippen LogP contribution is 2.27. The van der Waals surface area contributed by atoms with Crippen molar-refractivity contribution in [2.75, 3.05) is 0 Å². The number of hydrogen-bond acceptors (Lipinski definition) is 1. The second kappa shape index (κ2) is 5.36. The summed E-state index contributed by atoms with van der Waals surface area (Å²) in [7, 11) is 0. The van der Waals surface area contributed by atoms with E-state index in [0.29, 0.717) is 5.92 Å². The molecule has 12 heavy (non-hydrogen) atoms. The number of allylic oxidation sites excluding steroid dienone is 1. The molecule has 1 rings (SSSR count). The molecule has 0 amide bonds. The summed E-state index contributed by atoms with van der Waals surface area (Å²) in [5, 5.41) is 9.75. The number of rotatable bonds is 3. The first-order chi connectivity index (χ1) is 5.84. The van der Waals surface area contributed by atoms with Crippen LogP contribution in [0.1, 0.15) is 45.4 Å². The van der Waals surface area contributed by atoms with Crippen LogP contribution in [0.15, 0.2) is 12.2 Å². The zero-order chi connectivity index (χ0) is 8.81. The van der Waals surface area contributed by atoms with Gasteiger partial charge in [-0.05, 0) is 32.1 Å². The van der Waals surface area contributed by atoms with Gasteiger partial charge >= 0.3 is 0 Å². The number of aliphatic hydroxyl groups is 1. The minimum Gasteiger partial charge on any atom is -0.393 e. The molecule has 1 atom stereocenters. The molecule has 70 valence electrons. The molecule has 0 saturated heterocycles. The summed E-state index contributed by atoms with van der Waals surface area (Å²) in [6.45, 7) is 2.01. The highest BCUT2D eigenvalue weighted by Gasteiger charge is 2.20. The van der Waals surface area contributed by atoms with E-state index in [1.54, 1.807) is 0 Å². The van der Waals surface area contributed by atoms with Crippen LogP contribution in [0.4, 0.5) is 0 Å². The third kappa shape index (κ3) is 2.98. The minimum absolute atomic E-state index is 0.0819. The molecule has 0 aliphatic heterocycles. The highest BCUT2D eigenvalue weighted by atomic mass is 16.3. The Morgan fingerprint density at radius 3 is 2.58 bits per heavy atom. The summed E-state index contributed by atoms with van der Waals surface area (Å²) in [6.07, 6.45) is 11.3. The Bertz CT molecular complexity index is 134. The van der Waals surface area contributed by atoms with Gasteiger partial charge < -0.3 is 5.11 Å². The largest absolute Gasteiger partial charge is 0.393 e. The monoisotopic (exact) mass is 168 g/mol. The molecule has 1 nitrogen and oxygen atoms in total. The fourth-order valence-electron chi connectivity index (χ4n) is 1.99. The Morgan fingerprint density at radius 2 is 2.00 bits per heavy atom. The lowest BCUT2D eigenvalue weighted by molar-refractivity contribution is 0.0873. The molecule has 0 aromatic rings. The molecule has 1 N–H and O–H groups in total. The van der Waals surface area contributed by atoms with E-state index in [-0.39, 0.29) is 6.10 Å². The van der Waals surface area contributed by atoms with Crippen LogP contribution in [0.2, 0.25) is 0 Å². The molecule has 0 radical (unpaired) electrons. The van der Waals surface area contributed by atoms with Gasteiger partial charge in [0, 0.05) is 0 Å². The topological polar surface area (TPSA) is 20.2 Å². The van der Waals surface area contributed by atoms with Crippen molar-refractivity contribution >= 4 is 0 Å². The van der Waals surface area contributed by atoms with Gasteiger partial charge in [-0.3, -0.25) is 0 Å². The zero-order valence-corrected chi connectivity index (χ0v) is 8.00. The van der Waals surface area contributed by atoms with E-state index in [1.165, 1.54) is 32.1 Å². The molecular formula is C11H20O. The van der Waals surface area contributed by atoms with Crippen LogP contribution in [-0.2, 0) is 0 Å². The Hall–Kier alpha value is -0.300. The maximum Gasteiger partial charge on any atom is 0.0602 e. The minimum atomic E-state index is -0.0819. The summed E-state index contributed by atoms with van der Waals surface area (Å²) in [4.78, 5) is 0. The zero-order valence-electron chi connectivity index (χ0n) is 8.00. The molecule has 1 heteroatoms. The van der Waals surface area contributed by atoms with E-state index >= 15 is 0 Å². The highest BCUT2D eigenvalue weighted by molar-refractivity contribution is 4.84. The Morgan fingerprint density at radius 1 is 1.33 bits per heavy atom. The smallest absolute Gasteiger partial charge is 0.0602 e. The Labute approximate surface area is 75.5 Å². The predicted molar refractivity (Wildman–Crippen MR) is 52.0 cm³/mol. The van der Waals surface area contributed by atoms with E-state index in [1.807, 2.05) is 13.0 Å². The number of aliphatic hydroxyl groups excluding tert-OH is 1. The van der Waals surface area contributed by atoms with E-state index in [4.69, 9.17) is 0 Å². The fraction of sp³-hybridized carbons (Fsp3) is 0.818. The van der Waals surface area contributed by atoms with Crippen molar-refractivity contribution in [1.82, 2.24) is 0 Å². The van der Waals surface area contributed by atoms with Crippen molar-refractivity contribution in [3.8, 4) is 0 Å². The second-order valence-electron chi connectivity index (χ2n) is 3.77. The van der Waals surface area contributed by atoms with E-state index in [2.05, 4.69) is 6.08 Å². The second-order valence-corrected chi connectivity index (χ2v) is 3.77. The molecule has 1 unspecified atom stereocenters. The normalized spacial score (nSPS) is 23.2. The third-order valence-corrected chi connectivity index (χ3v) is 2.81. The van der Waals surface area contributed by atoms with Gasteiger partial charge in [-0.25, -0.2) is 0 Å². The third-order valence-electron chi connectivity index (χ3n) is 2.81. The molecule has 0 aromatic heterocycles. The van der Waals surface area contributed by atoms with Gasteiger partial charge in [-0.15, -0.1) is 0 Å². The van der Waals surface area contributed by atoms with Crippen LogP contribution < -0.4 is 0 Å². The van der Waals surface area contributed by atoms with E-state index < -0.39 is 0 Å². The SMILES string of the molecule is C/C=C/CC(O)C1CCCCC1. The molecule has 1 aliphatic rings. The van der Waals surface area contributed by atoms with Gasteiger partial charge in [0.2, 0.25) is 0 Å². The molecule has 0 bridgehead atoms. The van der Waals surface area contributed by atoms with Gasteiger partial charge in [0.25, 0.3) is 0 Å². The summed E-state index contributed by atoms with van der Waals surface area (Å²) in [6, 6.07) is 0. The fourth-order valence-corrected chi connectivity index (χ4v) is 1.99. The first-order valence-corrected chi connectivity index (χ1v) is 5.14. The van der Waals surface area contributed by atoms with Crippen LogP contribution in [-0.4, -0.2) is 11.2 Å². The maximum atomic E-state index is 9.75. The average Bonchev–Trinajstić information content (AvgIpc) is 2.15. The summed E-state index contributed by atoms with van der Waals surface area (Å²) < 4.78 is 0. The maximum absolute atomic E-state index is 9.75. The molecule has 0 spiro atoms. The van der Waals surface area contributed by atoms with Crippen LogP contribution in [0.25, 0.3) is 0 Å². The molecule has 1 aliphatic carbocycles. The first-order valence-electron chi connectivity index (χ1n) is 5.14. The van der Waals surface area contributed by atoms with Gasteiger partial charge in [-0.1, -0.05) is 31.4 Å². The van der Waals surface area contributed by atoms with Crippen molar-refractivity contribution < 1.29 is 5.11 Å². The van der Waals surface area contributed by atoms with Crippen LogP contribution >= 0.6 is 0 Å². The van der Waals surface area contributed by atoms with Gasteiger partial charge in [0.05, 0.1) is 6.10 Å². The standard InChI is InChI=1S/C11H20O/c1-2-3-9-11(12)10-7-5-4-6-8-10/h2-3,10-12H,4-9H2,1H3/b3-2+. The van der Waals surface area contributed by atoms with Crippen molar-refractivity contribution in [1.29, 1.82) is 0 Å². The quantitative estimate of drug-likeness (QED) is 0.642. The molecule has 0 heterocycles. The van der Waals surface area contributed by atoms with Crippen LogP contribution in [0.5, 0.6) is 0 Å². The van der Waals surface area contributed by atoms with Gasteiger partial charge in [0.1, 0.15) is 0 Å². The van der Waals surface area contributed by atoms with Gasteiger partial charge in [-0.2, -0.15) is 0 Å². The van der Waals surface area contributed by atoms with Crippen LogP contribution in [0, 0.1) is 5.92 Å². The predicted octanol–water partition coefficient (Wildman–Crippen LogP) is 2.89. The van der Waals surface area contributed by atoms with E-state index in [9.17, 15) is 5.11 Å². The molecular weight excluding hydrogens is 148 g/mol. The van der Waals surface area contributed by atoms with E-state index in [0.717, 1.165) is 6.42 Å². The molecule has 1 saturated carbocycles. The van der Waals surface area contributed by atoms with Crippen molar-refractivity contribution in [2.45, 2.75) is 51.6 Å². The lowest BCUT2D eigenvalue weighted by atomic mass is 9.84. The lowest BCUT2D eigenvalue weighted by Crippen LogP contribution is -2.21. The number of hydrogen-bond donors (Lipinski definition) is 1. The first kappa shape index (κ1) is 9.79. The Balaban J connectivity index is 2.24. The summed E-state index contributed by atoms with van der Waals surface area (Å²) in [5.41, 5.74) is 0. The van der Waals surface area contributed by atoms with Crippen molar-refractivity contribution in [2.24, 2.45) is 5.92 Å². The van der Waals surface area contributed by atoms with Gasteiger partial charge in [0.15, 0.2) is 0 Å². The van der Waals surface area contributed by atoms with Crippen LogP contribution in [0.3, 0.4) is 0 Å². The summed E-state index contributed by atoms with van der Waals surface area (Å²) in [5.74, 6) is 0.579. The molecule has 0 aromatic carbocycles. The Kier molecular flexibility index (Phi) is 4.37. The average molecular weight is 168 g/mol. The van der Waals surface area contributed by atoms with Crippen molar-refractivity contribution in [3.63, 3.8) is 0 Å². The van der Waals surface area contributed by atoms with Crippen molar-refractivity contribution in [3.05, 3.63) is 12.2 Å². The summed E-state index contributed by atoms with van der Waals surface area (Å²) >= 11 is 0.